The maximum absolute atomic E-state index is 12.1. The number of ether oxygens (including phenoxy) is 3. The first-order valence-electron chi connectivity index (χ1n) is 12.8. The lowest BCUT2D eigenvalue weighted by atomic mass is 9.89. The van der Waals surface area contributed by atoms with E-state index in [4.69, 9.17) is 24.2 Å². The van der Waals surface area contributed by atoms with E-state index >= 15 is 0 Å². The van der Waals surface area contributed by atoms with Gasteiger partial charge in [-0.2, -0.15) is 0 Å². The minimum absolute atomic E-state index is 0.0949. The molecule has 1 aromatic carbocycles. The summed E-state index contributed by atoms with van der Waals surface area (Å²) in [5.74, 6) is 1.62. The van der Waals surface area contributed by atoms with Crippen LogP contribution < -0.4 is 10.1 Å². The maximum atomic E-state index is 12.1. The SMILES string of the molecule is CCO[C@H]1CN(C(=O)OC)C[C@H]1Nc1nc(CC)c(-c2cc3c(cc2OC)CCCC3)nc1CC. The van der Waals surface area contributed by atoms with Crippen LogP contribution >= 0.6 is 0 Å². The van der Waals surface area contributed by atoms with Crippen molar-refractivity contribution in [2.75, 3.05) is 39.2 Å². The van der Waals surface area contributed by atoms with E-state index in [0.29, 0.717) is 19.7 Å². The van der Waals surface area contributed by atoms with Crippen LogP contribution in [0.15, 0.2) is 12.1 Å². The third kappa shape index (κ3) is 5.22. The average Bonchev–Trinajstić information content (AvgIpc) is 3.29. The molecule has 8 heteroatoms. The predicted octanol–water partition coefficient (Wildman–Crippen LogP) is 4.42. The summed E-state index contributed by atoms with van der Waals surface area (Å²) in [6.45, 7) is 7.70. The number of aryl methyl sites for hydroxylation is 4. The molecule has 0 radical (unpaired) electrons. The number of methoxy groups -OCH3 is 2. The molecule has 4 rings (SSSR count). The van der Waals surface area contributed by atoms with Crippen molar-refractivity contribution in [3.8, 4) is 17.0 Å². The fraction of sp³-hybridized carbons (Fsp3) is 0.593. The van der Waals surface area contributed by atoms with Crippen molar-refractivity contribution >= 4 is 11.9 Å². The zero-order chi connectivity index (χ0) is 24.9. The minimum atomic E-state index is -0.343. The van der Waals surface area contributed by atoms with Crippen molar-refractivity contribution in [2.45, 2.75) is 71.4 Å². The van der Waals surface area contributed by atoms with Crippen molar-refractivity contribution in [2.24, 2.45) is 0 Å². The lowest BCUT2D eigenvalue weighted by molar-refractivity contribution is 0.0613. The van der Waals surface area contributed by atoms with E-state index in [0.717, 1.165) is 59.9 Å². The molecular weight excluding hydrogens is 444 g/mol. The molecule has 1 aromatic heterocycles. The number of nitrogens with one attached hydrogen (secondary N) is 1. The van der Waals surface area contributed by atoms with Gasteiger partial charge >= 0.3 is 6.09 Å². The number of carbonyl (C=O) groups is 1. The maximum Gasteiger partial charge on any atom is 0.409 e. The number of benzene rings is 1. The lowest BCUT2D eigenvalue weighted by Crippen LogP contribution is -2.35. The Kier molecular flexibility index (Phi) is 8.11. The molecule has 0 unspecified atom stereocenters. The summed E-state index contributed by atoms with van der Waals surface area (Å²) in [5.41, 5.74) is 6.51. The van der Waals surface area contributed by atoms with Crippen LogP contribution in [0.5, 0.6) is 5.75 Å². The highest BCUT2D eigenvalue weighted by atomic mass is 16.5. The van der Waals surface area contributed by atoms with Crippen LogP contribution in [0.2, 0.25) is 0 Å². The second-order valence-corrected chi connectivity index (χ2v) is 9.17. The van der Waals surface area contributed by atoms with Gasteiger partial charge in [0.15, 0.2) is 0 Å². The van der Waals surface area contributed by atoms with E-state index in [9.17, 15) is 4.79 Å². The molecule has 1 fully saturated rings. The number of hydrogen-bond acceptors (Lipinski definition) is 7. The third-order valence-corrected chi connectivity index (χ3v) is 7.03. The summed E-state index contributed by atoms with van der Waals surface area (Å²) in [5, 5.41) is 3.56. The van der Waals surface area contributed by atoms with Crippen LogP contribution in [-0.4, -0.2) is 67.0 Å². The van der Waals surface area contributed by atoms with Crippen LogP contribution in [0.25, 0.3) is 11.3 Å². The van der Waals surface area contributed by atoms with Crippen molar-refractivity contribution < 1.29 is 19.0 Å². The van der Waals surface area contributed by atoms with E-state index in [1.807, 2.05) is 6.92 Å². The fourth-order valence-electron chi connectivity index (χ4n) is 5.20. The van der Waals surface area contributed by atoms with Gasteiger partial charge < -0.3 is 24.4 Å². The van der Waals surface area contributed by atoms with Crippen LogP contribution in [0.4, 0.5) is 10.6 Å². The zero-order valence-electron chi connectivity index (χ0n) is 21.6. The first-order chi connectivity index (χ1) is 17.0. The summed E-state index contributed by atoms with van der Waals surface area (Å²) in [6, 6.07) is 4.36. The Morgan fingerprint density at radius 3 is 2.37 bits per heavy atom. The topological polar surface area (TPSA) is 85.8 Å². The van der Waals surface area contributed by atoms with Crippen LogP contribution in [0.1, 0.15) is 56.1 Å². The van der Waals surface area contributed by atoms with E-state index in [1.54, 1.807) is 12.0 Å². The summed E-state index contributed by atoms with van der Waals surface area (Å²) in [6.07, 6.45) is 5.64. The number of amides is 1. The van der Waals surface area contributed by atoms with Crippen molar-refractivity contribution in [1.82, 2.24) is 14.9 Å². The number of rotatable bonds is 8. The van der Waals surface area contributed by atoms with E-state index in [-0.39, 0.29) is 18.2 Å². The molecule has 8 nitrogen and oxygen atoms in total. The molecule has 190 valence electrons. The smallest absolute Gasteiger partial charge is 0.409 e. The number of aromatic nitrogens is 2. The normalized spacial score (nSPS) is 19.4. The highest BCUT2D eigenvalue weighted by Gasteiger charge is 2.37. The quantitative estimate of drug-likeness (QED) is 0.596. The molecule has 2 aromatic rings. The number of anilines is 1. The Balaban J connectivity index is 1.70. The highest BCUT2D eigenvalue weighted by molar-refractivity contribution is 5.72. The highest BCUT2D eigenvalue weighted by Crippen LogP contribution is 2.37. The van der Waals surface area contributed by atoms with Crippen molar-refractivity contribution in [1.29, 1.82) is 0 Å². The predicted molar refractivity (Wildman–Crippen MR) is 136 cm³/mol. The molecule has 1 aliphatic carbocycles. The average molecular weight is 483 g/mol. The van der Waals surface area contributed by atoms with Crippen LogP contribution in [0, 0.1) is 0 Å². The van der Waals surface area contributed by atoms with Gasteiger partial charge in [0.05, 0.1) is 50.0 Å². The van der Waals surface area contributed by atoms with Gasteiger partial charge in [-0.15, -0.1) is 0 Å². The monoisotopic (exact) mass is 482 g/mol. The Morgan fingerprint density at radius 1 is 1.03 bits per heavy atom. The molecule has 1 N–H and O–H groups in total. The number of carbonyl (C=O) groups excluding carboxylic acids is 1. The van der Waals surface area contributed by atoms with Crippen LogP contribution in [0.3, 0.4) is 0 Å². The van der Waals surface area contributed by atoms with Gasteiger partial charge in [-0.1, -0.05) is 13.8 Å². The summed E-state index contributed by atoms with van der Waals surface area (Å²) >= 11 is 0. The van der Waals surface area contributed by atoms with Crippen LogP contribution in [-0.2, 0) is 35.2 Å². The van der Waals surface area contributed by atoms with Gasteiger partial charge in [0.25, 0.3) is 0 Å². The second kappa shape index (κ2) is 11.2. The molecule has 0 spiro atoms. The van der Waals surface area contributed by atoms with Gasteiger partial charge in [-0.25, -0.2) is 14.8 Å². The standard InChI is InChI=1S/C27H38N4O4/c1-6-20-25(19-13-17-11-9-10-12-18(17)14-23(19)33-4)28-21(7-2)26(29-20)30-22-15-31(27(32)34-5)16-24(22)35-8-3/h13-14,22,24H,6-12,15-16H2,1-5H3,(H,29,30)/t22-,24+/m1/s1. The fourth-order valence-corrected chi connectivity index (χ4v) is 5.20. The van der Waals surface area contributed by atoms with E-state index < -0.39 is 0 Å². The molecular formula is C27H38N4O4. The molecule has 1 amide bonds. The Morgan fingerprint density at radius 2 is 1.74 bits per heavy atom. The summed E-state index contributed by atoms with van der Waals surface area (Å²) in [4.78, 5) is 24.0. The Bertz CT molecular complexity index is 1060. The molecule has 1 saturated heterocycles. The van der Waals surface area contributed by atoms with Gasteiger partial charge in [-0.3, -0.25) is 0 Å². The first kappa shape index (κ1) is 25.2. The second-order valence-electron chi connectivity index (χ2n) is 9.17. The van der Waals surface area contributed by atoms with Gasteiger partial charge in [0.2, 0.25) is 0 Å². The van der Waals surface area contributed by atoms with Gasteiger partial charge in [0, 0.05) is 18.7 Å². The number of hydrogen-bond donors (Lipinski definition) is 1. The minimum Gasteiger partial charge on any atom is -0.496 e. The molecule has 35 heavy (non-hydrogen) atoms. The summed E-state index contributed by atoms with van der Waals surface area (Å²) in [7, 11) is 3.13. The Labute approximate surface area is 208 Å². The number of fused-ring (bicyclic) bond motifs is 1. The van der Waals surface area contributed by atoms with E-state index in [1.165, 1.54) is 31.1 Å². The molecule has 0 bridgehead atoms. The number of likely N-dealkylation sites (tertiary alicyclic amines) is 1. The largest absolute Gasteiger partial charge is 0.496 e. The molecule has 0 saturated carbocycles. The summed E-state index contributed by atoms with van der Waals surface area (Å²) < 4.78 is 16.7. The van der Waals surface area contributed by atoms with E-state index in [2.05, 4.69) is 31.3 Å². The third-order valence-electron chi connectivity index (χ3n) is 7.03. The molecule has 1 aliphatic heterocycles. The Hall–Kier alpha value is -2.87. The van der Waals surface area contributed by atoms with Gasteiger partial charge in [-0.05, 0) is 68.7 Å². The lowest BCUT2D eigenvalue weighted by Gasteiger charge is -2.23. The number of nitrogens with zero attached hydrogens (tertiary/aromatic N) is 3. The molecule has 2 atom stereocenters. The zero-order valence-corrected chi connectivity index (χ0v) is 21.6. The van der Waals surface area contributed by atoms with Gasteiger partial charge in [0.1, 0.15) is 11.6 Å². The molecule has 2 heterocycles. The first-order valence-corrected chi connectivity index (χ1v) is 12.8. The van der Waals surface area contributed by atoms with Crippen molar-refractivity contribution in [3.63, 3.8) is 0 Å². The molecule has 2 aliphatic rings. The van der Waals surface area contributed by atoms with Crippen molar-refractivity contribution in [3.05, 3.63) is 34.6 Å².